The summed E-state index contributed by atoms with van der Waals surface area (Å²) in [4.78, 5) is 14.0. The van der Waals surface area contributed by atoms with E-state index in [1.165, 1.54) is 7.11 Å². The van der Waals surface area contributed by atoms with Crippen molar-refractivity contribution in [1.82, 2.24) is 0 Å². The summed E-state index contributed by atoms with van der Waals surface area (Å²) in [5, 5.41) is 3.33. The van der Waals surface area contributed by atoms with E-state index >= 15 is 0 Å². The zero-order valence-electron chi connectivity index (χ0n) is 20.7. The van der Waals surface area contributed by atoms with Crippen LogP contribution in [0.5, 0.6) is 0 Å². The molecule has 0 heterocycles. The molecule has 0 aromatic heterocycles. The van der Waals surface area contributed by atoms with Gasteiger partial charge in [0.1, 0.15) is 0 Å². The third kappa shape index (κ3) is 7.32. The summed E-state index contributed by atoms with van der Waals surface area (Å²) >= 11 is 0. The van der Waals surface area contributed by atoms with E-state index in [1.54, 1.807) is 24.3 Å². The lowest BCUT2D eigenvalue weighted by atomic mass is 10.1. The van der Waals surface area contributed by atoms with Gasteiger partial charge in [0.2, 0.25) is 0 Å². The van der Waals surface area contributed by atoms with E-state index < -0.39 is 19.3 Å². The summed E-state index contributed by atoms with van der Waals surface area (Å²) in [5.41, 5.74) is 2.99. The van der Waals surface area contributed by atoms with Crippen LogP contribution in [0.1, 0.15) is 63.2 Å². The lowest BCUT2D eigenvalue weighted by Crippen LogP contribution is -2.22. The first-order chi connectivity index (χ1) is 15.6. The van der Waals surface area contributed by atoms with Crippen molar-refractivity contribution in [3.63, 3.8) is 0 Å². The molecule has 0 aliphatic carbocycles. The smallest absolute Gasteiger partial charge is 0.357 e. The van der Waals surface area contributed by atoms with Gasteiger partial charge in [0.15, 0.2) is 5.78 Å². The van der Waals surface area contributed by atoms with Crippen molar-refractivity contribution in [1.29, 1.82) is 0 Å². The molecule has 1 unspecified atom stereocenters. The van der Waals surface area contributed by atoms with Gasteiger partial charge in [-0.1, -0.05) is 12.1 Å². The summed E-state index contributed by atoms with van der Waals surface area (Å²) in [6.45, 7) is 13.4. The molecule has 0 amide bonds. The van der Waals surface area contributed by atoms with Crippen LogP contribution in [-0.2, 0) is 18.3 Å². The topological polar surface area (TPSA) is 77.1 Å². The Bertz CT molecular complexity index is 911. The average Bonchev–Trinajstić information content (AvgIpc) is 2.77. The molecule has 8 heteroatoms. The fourth-order valence-corrected chi connectivity index (χ4v) is 5.83. The third-order valence-electron chi connectivity index (χ3n) is 4.98. The molecule has 0 bridgehead atoms. The van der Waals surface area contributed by atoms with E-state index in [9.17, 15) is 9.36 Å². The molecule has 7 nitrogen and oxygen atoms in total. The number of benzene rings is 2. The molecule has 2 aromatic rings. The maximum atomic E-state index is 14.1. The van der Waals surface area contributed by atoms with Crippen molar-refractivity contribution in [2.24, 2.45) is 0 Å². The van der Waals surface area contributed by atoms with Gasteiger partial charge >= 0.3 is 13.6 Å². The highest BCUT2D eigenvalue weighted by molar-refractivity contribution is 7.54. The van der Waals surface area contributed by atoms with E-state index in [1.807, 2.05) is 52.0 Å². The largest absolute Gasteiger partial charge is 0.465 e. The normalized spacial score (nSPS) is 12.6. The van der Waals surface area contributed by atoms with Crippen LogP contribution in [0.3, 0.4) is 0 Å². The summed E-state index contributed by atoms with van der Waals surface area (Å²) < 4.78 is 30.7. The number of hydrogen-bond acceptors (Lipinski definition) is 7. The van der Waals surface area contributed by atoms with Crippen molar-refractivity contribution in [3.8, 4) is 0 Å². The first-order valence-corrected chi connectivity index (χ1v) is 13.0. The Balaban J connectivity index is 2.48. The van der Waals surface area contributed by atoms with Crippen LogP contribution in [0.4, 0.5) is 11.4 Å². The number of carbonyl (C=O) groups is 1. The van der Waals surface area contributed by atoms with Crippen LogP contribution in [-0.4, -0.2) is 38.4 Å². The Labute approximate surface area is 198 Å². The number of nitrogens with zero attached hydrogens (tertiary/aromatic N) is 1. The number of ether oxygens (including phenoxy) is 1. The second-order valence-corrected chi connectivity index (χ2v) is 10.2. The Morgan fingerprint density at radius 2 is 1.42 bits per heavy atom. The molecule has 33 heavy (non-hydrogen) atoms. The molecule has 1 N–H and O–H groups in total. The first-order valence-electron chi connectivity index (χ1n) is 11.4. The molecular formula is C25H37N2O5P. The van der Waals surface area contributed by atoms with Crippen molar-refractivity contribution in [2.75, 3.05) is 30.4 Å². The van der Waals surface area contributed by atoms with E-state index in [0.29, 0.717) is 11.3 Å². The number of hydrogen-bond donors (Lipinski definition) is 1. The molecule has 2 rings (SSSR count). The van der Waals surface area contributed by atoms with Crippen molar-refractivity contribution in [2.45, 2.75) is 59.5 Å². The second-order valence-electron chi connectivity index (χ2n) is 8.23. The van der Waals surface area contributed by atoms with Crippen LogP contribution in [0, 0.1) is 0 Å². The molecule has 182 valence electrons. The van der Waals surface area contributed by atoms with E-state index in [0.717, 1.165) is 24.3 Å². The van der Waals surface area contributed by atoms with Crippen LogP contribution < -0.4 is 10.2 Å². The zero-order chi connectivity index (χ0) is 24.6. The quantitative estimate of drug-likeness (QED) is 0.278. The van der Waals surface area contributed by atoms with Gasteiger partial charge in [0.25, 0.3) is 0 Å². The lowest BCUT2D eigenvalue weighted by Gasteiger charge is -2.31. The van der Waals surface area contributed by atoms with Gasteiger partial charge in [-0.05, 0) is 83.5 Å². The molecule has 0 saturated heterocycles. The van der Waals surface area contributed by atoms with Crippen molar-refractivity contribution >= 4 is 24.9 Å². The van der Waals surface area contributed by atoms with Gasteiger partial charge < -0.3 is 24.0 Å². The van der Waals surface area contributed by atoms with Gasteiger partial charge in [-0.2, -0.15) is 0 Å². The van der Waals surface area contributed by atoms with Gasteiger partial charge in [-0.3, -0.25) is 4.57 Å². The maximum absolute atomic E-state index is 14.1. The summed E-state index contributed by atoms with van der Waals surface area (Å²) in [7, 11) is -2.29. The Hall–Kier alpha value is -2.34. The highest BCUT2D eigenvalue weighted by atomic mass is 31.2. The first kappa shape index (κ1) is 26.9. The highest BCUT2D eigenvalue weighted by Crippen LogP contribution is 2.62. The Morgan fingerprint density at radius 3 is 1.85 bits per heavy atom. The molecule has 0 aliphatic rings. The van der Waals surface area contributed by atoms with Gasteiger partial charge in [-0.25, -0.2) is 4.79 Å². The van der Waals surface area contributed by atoms with Crippen LogP contribution in [0.2, 0.25) is 0 Å². The van der Waals surface area contributed by atoms with Crippen LogP contribution in [0.25, 0.3) is 0 Å². The van der Waals surface area contributed by atoms with Crippen LogP contribution >= 0.6 is 7.60 Å². The SMILES string of the molecule is CCN(CC)c1ccc(C(Nc2ccc(C(=O)OC)cc2)P(=O)(OC(C)C)OC(C)C)cc1. The minimum absolute atomic E-state index is 0.296. The molecular weight excluding hydrogens is 439 g/mol. The number of esters is 1. The minimum Gasteiger partial charge on any atom is -0.465 e. The van der Waals surface area contributed by atoms with Crippen molar-refractivity contribution in [3.05, 3.63) is 59.7 Å². The monoisotopic (exact) mass is 476 g/mol. The average molecular weight is 477 g/mol. The Morgan fingerprint density at radius 1 is 0.909 bits per heavy atom. The molecule has 0 aliphatic heterocycles. The maximum Gasteiger partial charge on any atom is 0.357 e. The van der Waals surface area contributed by atoms with E-state index in [2.05, 4.69) is 24.1 Å². The summed E-state index contributed by atoms with van der Waals surface area (Å²) in [5.74, 6) is -1.15. The van der Waals surface area contributed by atoms with E-state index in [4.69, 9.17) is 13.8 Å². The molecule has 1 atom stereocenters. The zero-order valence-corrected chi connectivity index (χ0v) is 21.6. The standard InChI is InChI=1S/C25H37N2O5P/c1-8-27(9-2)23-16-12-20(13-17-23)24(33(29,31-18(3)4)32-19(5)6)26-22-14-10-21(11-15-22)25(28)30-7/h10-19,24,26H,8-9H2,1-7H3. The Kier molecular flexibility index (Phi) is 9.96. The number of anilines is 2. The number of carbonyl (C=O) groups excluding carboxylic acids is 1. The highest BCUT2D eigenvalue weighted by Gasteiger charge is 2.39. The molecule has 0 fully saturated rings. The number of rotatable bonds is 12. The van der Waals surface area contributed by atoms with Gasteiger partial charge in [-0.15, -0.1) is 0 Å². The molecule has 0 saturated carbocycles. The predicted octanol–water partition coefficient (Wildman–Crippen LogP) is 6.47. The fourth-order valence-electron chi connectivity index (χ4n) is 3.51. The lowest BCUT2D eigenvalue weighted by molar-refractivity contribution is 0.0600. The minimum atomic E-state index is -3.63. The van der Waals surface area contributed by atoms with Gasteiger partial charge in [0.05, 0.1) is 24.9 Å². The van der Waals surface area contributed by atoms with E-state index in [-0.39, 0.29) is 12.2 Å². The third-order valence-corrected chi connectivity index (χ3v) is 7.47. The summed E-state index contributed by atoms with van der Waals surface area (Å²) in [6, 6.07) is 14.8. The predicted molar refractivity (Wildman–Crippen MR) is 134 cm³/mol. The van der Waals surface area contributed by atoms with Gasteiger partial charge in [0, 0.05) is 24.5 Å². The summed E-state index contributed by atoms with van der Waals surface area (Å²) in [6.07, 6.45) is -0.592. The number of methoxy groups -OCH3 is 1. The number of nitrogens with one attached hydrogen (secondary N) is 1. The second kappa shape index (κ2) is 12.2. The fraction of sp³-hybridized carbons (Fsp3) is 0.480. The van der Waals surface area contributed by atoms with Crippen LogP contribution in [0.15, 0.2) is 48.5 Å². The molecule has 2 aromatic carbocycles. The van der Waals surface area contributed by atoms with Crippen molar-refractivity contribution < 1.29 is 23.1 Å². The molecule has 0 radical (unpaired) electrons. The molecule has 0 spiro atoms.